The van der Waals surface area contributed by atoms with Crippen molar-refractivity contribution in [2.75, 3.05) is 0 Å². The first-order chi connectivity index (χ1) is 22.6. The maximum Gasteiger partial charge on any atom is 0.194 e. The topological polar surface area (TPSA) is 43.2 Å². The Kier molecular flexibility index (Phi) is 10.7. The van der Waals surface area contributed by atoms with E-state index in [9.17, 15) is 0 Å². The van der Waals surface area contributed by atoms with Crippen molar-refractivity contribution in [3.8, 4) is 0 Å². The van der Waals surface area contributed by atoms with Gasteiger partial charge in [0.15, 0.2) is 23.0 Å². The van der Waals surface area contributed by atoms with Gasteiger partial charge in [-0.1, -0.05) is 125 Å². The third-order valence-corrected chi connectivity index (χ3v) is 9.97. The smallest absolute Gasteiger partial charge is 0.194 e. The molecule has 2 aliphatic heterocycles. The molecule has 0 aliphatic carbocycles. The van der Waals surface area contributed by atoms with Crippen LogP contribution < -0.4 is 0 Å². The van der Waals surface area contributed by atoms with Crippen molar-refractivity contribution in [2.24, 2.45) is 21.8 Å². The van der Waals surface area contributed by atoms with E-state index in [4.69, 9.17) is 19.5 Å². The monoisotopic (exact) mass is 684 g/mol. The second-order valence-electron chi connectivity index (χ2n) is 14.4. The van der Waals surface area contributed by atoms with Gasteiger partial charge in [0.2, 0.25) is 0 Å². The van der Waals surface area contributed by atoms with E-state index in [1.54, 1.807) is 0 Å². The number of nitrogens with zero attached hydrogens (tertiary/aromatic N) is 2. The molecule has 0 bridgehead atoms. The van der Waals surface area contributed by atoms with E-state index in [2.05, 4.69) is 152 Å². The first-order valence-corrected chi connectivity index (χ1v) is 17.3. The van der Waals surface area contributed by atoms with Crippen LogP contribution in [0, 0.1) is 39.5 Å². The fourth-order valence-corrected chi connectivity index (χ4v) is 7.90. The van der Waals surface area contributed by atoms with E-state index in [0.717, 1.165) is 12.8 Å². The number of rotatable bonds is 10. The molecule has 6 rings (SSSR count). The number of aliphatic imine (C=N–C) groups is 2. The minimum absolute atomic E-state index is 0. The molecule has 0 aromatic heterocycles. The van der Waals surface area contributed by atoms with Gasteiger partial charge in [0.25, 0.3) is 0 Å². The van der Waals surface area contributed by atoms with Crippen molar-refractivity contribution in [3.63, 3.8) is 0 Å². The molecule has 2 heterocycles. The fourth-order valence-electron chi connectivity index (χ4n) is 7.90. The van der Waals surface area contributed by atoms with Crippen LogP contribution in [-0.4, -0.2) is 23.9 Å². The molecule has 0 saturated heterocycles. The molecule has 2 atom stereocenters. The molecule has 2 aliphatic rings. The summed E-state index contributed by atoms with van der Waals surface area (Å²) in [6.07, 6.45) is 2.19. The van der Waals surface area contributed by atoms with Crippen LogP contribution in [0.4, 0.5) is 0 Å². The molecule has 48 heavy (non-hydrogen) atoms. The Balaban J connectivity index is 0.00000451. The zero-order valence-electron chi connectivity index (χ0n) is 29.7. The molecule has 0 saturated carbocycles. The SMILES string of the molecule is Cc1ccccc1C1(c2ccccc2C)OC(CC2=N[C@H](CC(C)C)C(c3ccccc3C)(c3ccccc3C)O2)=N[C@@H]1CC(C)C.[Ni]. The summed E-state index contributed by atoms with van der Waals surface area (Å²) < 4.78 is 14.6. The van der Waals surface area contributed by atoms with Gasteiger partial charge >= 0.3 is 0 Å². The predicted octanol–water partition coefficient (Wildman–Crippen LogP) is 10.2. The second-order valence-corrected chi connectivity index (χ2v) is 14.4. The maximum atomic E-state index is 7.29. The molecule has 0 N–H and O–H groups in total. The average molecular weight is 686 g/mol. The van der Waals surface area contributed by atoms with Crippen molar-refractivity contribution in [2.45, 2.75) is 97.9 Å². The molecule has 0 amide bonds. The Morgan fingerprint density at radius 2 is 0.771 bits per heavy atom. The number of hydrogen-bond donors (Lipinski definition) is 0. The first-order valence-electron chi connectivity index (χ1n) is 17.3. The Hall–Kier alpha value is -3.69. The van der Waals surface area contributed by atoms with Crippen LogP contribution >= 0.6 is 0 Å². The molecular formula is C43H50N2NiO2. The Labute approximate surface area is 298 Å². The molecule has 5 heteroatoms. The summed E-state index contributed by atoms with van der Waals surface area (Å²) >= 11 is 0. The fraction of sp³-hybridized carbons (Fsp3) is 0.395. The van der Waals surface area contributed by atoms with Gasteiger partial charge < -0.3 is 9.47 Å². The van der Waals surface area contributed by atoms with Gasteiger partial charge in [-0.05, 0) is 74.6 Å². The summed E-state index contributed by atoms with van der Waals surface area (Å²) in [4.78, 5) is 10.9. The van der Waals surface area contributed by atoms with Crippen LogP contribution in [0.15, 0.2) is 107 Å². The van der Waals surface area contributed by atoms with E-state index in [1.165, 1.54) is 44.5 Å². The van der Waals surface area contributed by atoms with Gasteiger partial charge in [0.05, 0.1) is 6.42 Å². The summed E-state index contributed by atoms with van der Waals surface area (Å²) in [5.74, 6) is 2.25. The van der Waals surface area contributed by atoms with Gasteiger partial charge in [-0.2, -0.15) is 0 Å². The first kappa shape index (κ1) is 35.6. The number of ether oxygens (including phenoxy) is 2. The van der Waals surface area contributed by atoms with Crippen molar-refractivity contribution in [1.29, 1.82) is 0 Å². The standard InChI is InChI=1S/C43H50N2O2.Ni/c1-28(2)25-38-42(34-21-13-9-17-30(34)5,35-22-14-10-18-31(35)6)46-40(44-38)27-41-45-39(26-29(3)4)43(47-41,36-23-15-11-19-32(36)7)37-24-16-12-20-33(37)8;/h9-24,28-29,38-39H,25-27H2,1-8H3;/t38-,39-;/m1./s1. The van der Waals surface area contributed by atoms with E-state index in [0.29, 0.717) is 30.1 Å². The zero-order chi connectivity index (χ0) is 33.3. The summed E-state index contributed by atoms with van der Waals surface area (Å²) in [6.45, 7) is 17.8. The van der Waals surface area contributed by atoms with Gasteiger partial charge in [-0.15, -0.1) is 0 Å². The van der Waals surface area contributed by atoms with Crippen molar-refractivity contribution < 1.29 is 26.0 Å². The molecule has 4 aromatic rings. The Bertz CT molecular complexity index is 1580. The predicted molar refractivity (Wildman–Crippen MR) is 194 cm³/mol. The maximum absolute atomic E-state index is 7.29. The van der Waals surface area contributed by atoms with Gasteiger partial charge in [-0.3, -0.25) is 0 Å². The van der Waals surface area contributed by atoms with Crippen LogP contribution in [-0.2, 0) is 37.2 Å². The van der Waals surface area contributed by atoms with Gasteiger partial charge in [0, 0.05) is 38.7 Å². The molecule has 0 radical (unpaired) electrons. The largest absolute Gasteiger partial charge is 0.462 e. The summed E-state index contributed by atoms with van der Waals surface area (Å²) in [5.41, 5.74) is 7.98. The van der Waals surface area contributed by atoms with Crippen LogP contribution in [0.25, 0.3) is 0 Å². The van der Waals surface area contributed by atoms with E-state index >= 15 is 0 Å². The van der Waals surface area contributed by atoms with E-state index in [-0.39, 0.29) is 28.6 Å². The van der Waals surface area contributed by atoms with Crippen molar-refractivity contribution in [3.05, 3.63) is 142 Å². The molecule has 0 fully saturated rings. The van der Waals surface area contributed by atoms with Gasteiger partial charge in [-0.25, -0.2) is 9.98 Å². The molecule has 0 spiro atoms. The van der Waals surface area contributed by atoms with Crippen LogP contribution in [0.2, 0.25) is 0 Å². The van der Waals surface area contributed by atoms with Crippen molar-refractivity contribution in [1.82, 2.24) is 0 Å². The van der Waals surface area contributed by atoms with E-state index in [1.807, 2.05) is 0 Å². The van der Waals surface area contributed by atoms with E-state index < -0.39 is 11.2 Å². The van der Waals surface area contributed by atoms with Crippen LogP contribution in [0.5, 0.6) is 0 Å². The Morgan fingerprint density at radius 3 is 1.02 bits per heavy atom. The summed E-state index contributed by atoms with van der Waals surface area (Å²) in [5, 5.41) is 0. The minimum atomic E-state index is -0.740. The molecular weight excluding hydrogens is 635 g/mol. The van der Waals surface area contributed by atoms with Gasteiger partial charge in [0.1, 0.15) is 12.1 Å². The quantitative estimate of drug-likeness (QED) is 0.156. The molecule has 0 unspecified atom stereocenters. The van der Waals surface area contributed by atoms with Crippen molar-refractivity contribution >= 4 is 11.8 Å². The normalized spacial score (nSPS) is 19.4. The number of benzene rings is 4. The third-order valence-electron chi connectivity index (χ3n) is 9.97. The second kappa shape index (κ2) is 14.4. The summed E-state index contributed by atoms with van der Waals surface area (Å²) in [7, 11) is 0. The third kappa shape index (κ3) is 6.39. The zero-order valence-corrected chi connectivity index (χ0v) is 30.7. The van der Waals surface area contributed by atoms with Crippen LogP contribution in [0.1, 0.15) is 91.5 Å². The average Bonchev–Trinajstić information content (AvgIpc) is 3.55. The molecule has 4 aromatic carbocycles. The van der Waals surface area contributed by atoms with Crippen LogP contribution in [0.3, 0.4) is 0 Å². The molecule has 4 nitrogen and oxygen atoms in total. The minimum Gasteiger partial charge on any atom is -0.462 e. The Morgan fingerprint density at radius 1 is 0.500 bits per heavy atom. The summed E-state index contributed by atoms with van der Waals surface area (Å²) in [6, 6.07) is 34.3. The number of hydrogen-bond acceptors (Lipinski definition) is 4. The number of aryl methyl sites for hydroxylation is 4. The molecule has 254 valence electrons.